The van der Waals surface area contributed by atoms with Crippen LogP contribution in [-0.2, 0) is 9.53 Å². The summed E-state index contributed by atoms with van der Waals surface area (Å²) in [4.78, 5) is 11.3. The van der Waals surface area contributed by atoms with Crippen LogP contribution in [0.5, 0.6) is 0 Å². The van der Waals surface area contributed by atoms with Crippen molar-refractivity contribution in [3.05, 3.63) is 11.6 Å². The van der Waals surface area contributed by atoms with E-state index in [2.05, 4.69) is 0 Å². The van der Waals surface area contributed by atoms with E-state index in [4.69, 9.17) is 4.74 Å². The fraction of sp³-hybridized carbons (Fsp3) is 0.750. The number of carbonyl (C=O) groups is 1. The summed E-state index contributed by atoms with van der Waals surface area (Å²) >= 11 is 0. The molecular formula is C12H20O3. The Morgan fingerprint density at radius 2 is 2.13 bits per heavy atom. The molecule has 15 heavy (non-hydrogen) atoms. The molecule has 1 N–H and O–H groups in total. The minimum absolute atomic E-state index is 0.175. The van der Waals surface area contributed by atoms with Crippen LogP contribution >= 0.6 is 0 Å². The van der Waals surface area contributed by atoms with E-state index in [0.717, 1.165) is 18.4 Å². The molecule has 0 aliphatic heterocycles. The molecule has 0 saturated heterocycles. The Kier molecular flexibility index (Phi) is 3.24. The van der Waals surface area contributed by atoms with Crippen molar-refractivity contribution in [2.75, 3.05) is 6.61 Å². The molecule has 1 atom stereocenters. The fourth-order valence-corrected chi connectivity index (χ4v) is 1.91. The Balaban J connectivity index is 2.86. The molecule has 0 bridgehead atoms. The molecule has 0 aromatic carbocycles. The number of ether oxygens (including phenoxy) is 1. The summed E-state index contributed by atoms with van der Waals surface area (Å²) in [6.45, 7) is 7.93. The fourth-order valence-electron chi connectivity index (χ4n) is 1.91. The maximum Gasteiger partial charge on any atom is 0.330 e. The lowest BCUT2D eigenvalue weighted by Crippen LogP contribution is -2.38. The van der Waals surface area contributed by atoms with Gasteiger partial charge < -0.3 is 9.84 Å². The molecule has 3 nitrogen and oxygen atoms in total. The first kappa shape index (κ1) is 12.2. The Morgan fingerprint density at radius 3 is 2.53 bits per heavy atom. The van der Waals surface area contributed by atoms with Crippen LogP contribution in [0.3, 0.4) is 0 Å². The van der Waals surface area contributed by atoms with E-state index in [-0.39, 0.29) is 11.4 Å². The summed E-state index contributed by atoms with van der Waals surface area (Å²) in [7, 11) is 0. The molecule has 1 aliphatic carbocycles. The molecule has 0 radical (unpaired) electrons. The van der Waals surface area contributed by atoms with Crippen LogP contribution < -0.4 is 0 Å². The lowest BCUT2D eigenvalue weighted by molar-refractivity contribution is -0.137. The molecule has 1 rings (SSSR count). The van der Waals surface area contributed by atoms with Gasteiger partial charge in [-0.1, -0.05) is 13.8 Å². The molecule has 0 spiro atoms. The Bertz CT molecular complexity index is 287. The van der Waals surface area contributed by atoms with Crippen molar-refractivity contribution in [2.24, 2.45) is 5.41 Å². The lowest BCUT2D eigenvalue weighted by atomic mass is 9.78. The molecule has 1 fully saturated rings. The van der Waals surface area contributed by atoms with E-state index in [9.17, 15) is 9.90 Å². The number of rotatable bonds is 2. The van der Waals surface area contributed by atoms with Crippen LogP contribution in [0.15, 0.2) is 11.6 Å². The van der Waals surface area contributed by atoms with Crippen molar-refractivity contribution in [1.29, 1.82) is 0 Å². The van der Waals surface area contributed by atoms with Gasteiger partial charge in [0.2, 0.25) is 0 Å². The van der Waals surface area contributed by atoms with Gasteiger partial charge in [-0.25, -0.2) is 4.79 Å². The molecule has 1 unspecified atom stereocenters. The van der Waals surface area contributed by atoms with Gasteiger partial charge in [-0.3, -0.25) is 0 Å². The zero-order chi connectivity index (χ0) is 11.7. The molecule has 0 amide bonds. The van der Waals surface area contributed by atoms with Gasteiger partial charge in [0.05, 0.1) is 12.2 Å². The number of aliphatic hydroxyl groups is 1. The number of carbonyl (C=O) groups excluding carboxylic acids is 1. The van der Waals surface area contributed by atoms with Gasteiger partial charge in [-0.2, -0.15) is 0 Å². The van der Waals surface area contributed by atoms with Gasteiger partial charge in [0, 0.05) is 6.08 Å². The van der Waals surface area contributed by atoms with Gasteiger partial charge in [0.15, 0.2) is 0 Å². The maximum atomic E-state index is 11.3. The molecule has 1 saturated carbocycles. The smallest absolute Gasteiger partial charge is 0.330 e. The first-order valence-electron chi connectivity index (χ1n) is 5.41. The minimum atomic E-state index is -0.903. The highest BCUT2D eigenvalue weighted by atomic mass is 16.5. The minimum Gasteiger partial charge on any atom is -0.463 e. The van der Waals surface area contributed by atoms with Crippen LogP contribution in [-0.4, -0.2) is 23.3 Å². The molecule has 1 aliphatic rings. The summed E-state index contributed by atoms with van der Waals surface area (Å²) in [5, 5.41) is 10.3. The third-order valence-electron chi connectivity index (χ3n) is 3.54. The first-order valence-corrected chi connectivity index (χ1v) is 5.41. The van der Waals surface area contributed by atoms with Crippen LogP contribution in [0.2, 0.25) is 0 Å². The molecular weight excluding hydrogens is 192 g/mol. The highest BCUT2D eigenvalue weighted by Crippen LogP contribution is 2.48. The Labute approximate surface area is 91.1 Å². The van der Waals surface area contributed by atoms with E-state index in [0.29, 0.717) is 6.61 Å². The maximum absolute atomic E-state index is 11.3. The van der Waals surface area contributed by atoms with Gasteiger partial charge in [0.1, 0.15) is 0 Å². The first-order chi connectivity index (χ1) is 6.81. The van der Waals surface area contributed by atoms with E-state index in [1.807, 2.05) is 13.8 Å². The Hall–Kier alpha value is -0.830. The predicted octanol–water partition coefficient (Wildman–Crippen LogP) is 2.05. The normalized spacial score (nSPS) is 31.9. The highest BCUT2D eigenvalue weighted by Gasteiger charge is 2.47. The standard InChI is InChI=1S/C12H20O3/c1-5-15-10(13)8-9-6-7-11(2,3)12(9,4)14/h8,14H,5-7H2,1-4H3/b9-8-. The van der Waals surface area contributed by atoms with Gasteiger partial charge in [-0.15, -0.1) is 0 Å². The molecule has 0 aromatic heterocycles. The SMILES string of the molecule is CCOC(=O)/C=C1/CCC(C)(C)C1(C)O. The van der Waals surface area contributed by atoms with Crippen LogP contribution in [0.1, 0.15) is 40.5 Å². The van der Waals surface area contributed by atoms with Crippen molar-refractivity contribution < 1.29 is 14.6 Å². The zero-order valence-electron chi connectivity index (χ0n) is 9.96. The van der Waals surface area contributed by atoms with E-state index < -0.39 is 5.60 Å². The zero-order valence-corrected chi connectivity index (χ0v) is 9.96. The van der Waals surface area contributed by atoms with Crippen molar-refractivity contribution in [1.82, 2.24) is 0 Å². The predicted molar refractivity (Wildman–Crippen MR) is 58.4 cm³/mol. The van der Waals surface area contributed by atoms with E-state index >= 15 is 0 Å². The average Bonchev–Trinajstić information content (AvgIpc) is 2.29. The van der Waals surface area contributed by atoms with Crippen molar-refractivity contribution in [3.8, 4) is 0 Å². The topological polar surface area (TPSA) is 46.5 Å². The Morgan fingerprint density at radius 1 is 1.53 bits per heavy atom. The molecule has 86 valence electrons. The summed E-state index contributed by atoms with van der Waals surface area (Å²) in [5.41, 5.74) is -0.295. The van der Waals surface area contributed by atoms with Crippen LogP contribution in [0.25, 0.3) is 0 Å². The number of hydrogen-bond acceptors (Lipinski definition) is 3. The van der Waals surface area contributed by atoms with Crippen molar-refractivity contribution in [3.63, 3.8) is 0 Å². The lowest BCUT2D eigenvalue weighted by Gasteiger charge is -2.33. The molecule has 3 heteroatoms. The second kappa shape index (κ2) is 3.97. The number of esters is 1. The third-order valence-corrected chi connectivity index (χ3v) is 3.54. The summed E-state index contributed by atoms with van der Waals surface area (Å²) in [5.74, 6) is -0.356. The van der Waals surface area contributed by atoms with Crippen molar-refractivity contribution >= 4 is 5.97 Å². The number of hydrogen-bond donors (Lipinski definition) is 1. The van der Waals surface area contributed by atoms with Crippen LogP contribution in [0, 0.1) is 5.41 Å². The third kappa shape index (κ3) is 2.23. The van der Waals surface area contributed by atoms with E-state index in [1.54, 1.807) is 13.8 Å². The summed E-state index contributed by atoms with van der Waals surface area (Å²) in [6.07, 6.45) is 3.10. The molecule has 0 aromatic rings. The van der Waals surface area contributed by atoms with Gasteiger partial charge >= 0.3 is 5.97 Å². The monoisotopic (exact) mass is 212 g/mol. The summed E-state index contributed by atoms with van der Waals surface area (Å²) in [6, 6.07) is 0. The summed E-state index contributed by atoms with van der Waals surface area (Å²) < 4.78 is 4.84. The average molecular weight is 212 g/mol. The largest absolute Gasteiger partial charge is 0.463 e. The molecule has 0 heterocycles. The second-order valence-electron chi connectivity index (χ2n) is 4.88. The van der Waals surface area contributed by atoms with Gasteiger partial charge in [-0.05, 0) is 37.7 Å². The van der Waals surface area contributed by atoms with Crippen LogP contribution in [0.4, 0.5) is 0 Å². The highest BCUT2D eigenvalue weighted by molar-refractivity contribution is 5.83. The van der Waals surface area contributed by atoms with E-state index in [1.165, 1.54) is 6.08 Å². The quantitative estimate of drug-likeness (QED) is 0.563. The van der Waals surface area contributed by atoms with Gasteiger partial charge in [0.25, 0.3) is 0 Å². The van der Waals surface area contributed by atoms with Crippen molar-refractivity contribution in [2.45, 2.75) is 46.1 Å². The second-order valence-corrected chi connectivity index (χ2v) is 4.88.